The minimum absolute atomic E-state index is 0.229. The molecule has 0 aliphatic carbocycles. The minimum Gasteiger partial charge on any atom is -0.497 e. The molecule has 0 aliphatic rings. The molecule has 0 fully saturated rings. The first-order valence-corrected chi connectivity index (χ1v) is 8.16. The fraction of sp³-hybridized carbons (Fsp3) is 0.190. The standard InChI is InChI=1S/C21H21FN2O/c1-15-12-18(14-23-13-17-4-10-21(25-3)11-5-17)16(2)24(15)20-8-6-19(22)7-9-20/h4-12,14H,13H2,1-3H3. The van der Waals surface area contributed by atoms with Crippen molar-refractivity contribution in [1.29, 1.82) is 0 Å². The van der Waals surface area contributed by atoms with Gasteiger partial charge in [-0.3, -0.25) is 4.99 Å². The Morgan fingerprint density at radius 2 is 1.72 bits per heavy atom. The molecule has 0 saturated carbocycles. The summed E-state index contributed by atoms with van der Waals surface area (Å²) in [6, 6.07) is 16.5. The zero-order chi connectivity index (χ0) is 17.8. The third-order valence-corrected chi connectivity index (χ3v) is 4.22. The van der Waals surface area contributed by atoms with Gasteiger partial charge < -0.3 is 9.30 Å². The van der Waals surface area contributed by atoms with Crippen LogP contribution in [0.1, 0.15) is 22.5 Å². The molecule has 128 valence electrons. The second-order valence-electron chi connectivity index (χ2n) is 5.96. The third kappa shape index (κ3) is 3.79. The van der Waals surface area contributed by atoms with E-state index in [0.29, 0.717) is 6.54 Å². The fourth-order valence-electron chi connectivity index (χ4n) is 2.89. The molecule has 0 atom stereocenters. The molecule has 3 nitrogen and oxygen atoms in total. The van der Waals surface area contributed by atoms with Crippen molar-refractivity contribution in [2.75, 3.05) is 7.11 Å². The Kier molecular flexibility index (Phi) is 4.98. The van der Waals surface area contributed by atoms with Crippen molar-refractivity contribution < 1.29 is 9.13 Å². The maximum absolute atomic E-state index is 13.1. The summed E-state index contributed by atoms with van der Waals surface area (Å²) >= 11 is 0. The van der Waals surface area contributed by atoms with Gasteiger partial charge in [-0.1, -0.05) is 12.1 Å². The molecule has 0 saturated heterocycles. The van der Waals surface area contributed by atoms with Crippen LogP contribution < -0.4 is 4.74 Å². The van der Waals surface area contributed by atoms with Gasteiger partial charge in [0.25, 0.3) is 0 Å². The van der Waals surface area contributed by atoms with Gasteiger partial charge in [-0.2, -0.15) is 0 Å². The molecule has 0 amide bonds. The van der Waals surface area contributed by atoms with E-state index in [2.05, 4.69) is 15.6 Å². The van der Waals surface area contributed by atoms with E-state index in [0.717, 1.165) is 34.0 Å². The number of aliphatic imine (C=N–C) groups is 1. The number of benzene rings is 2. The van der Waals surface area contributed by atoms with E-state index in [1.165, 1.54) is 12.1 Å². The number of aromatic nitrogens is 1. The van der Waals surface area contributed by atoms with E-state index in [1.54, 1.807) is 19.2 Å². The minimum atomic E-state index is -0.229. The van der Waals surface area contributed by atoms with Gasteiger partial charge in [-0.05, 0) is 61.9 Å². The van der Waals surface area contributed by atoms with E-state index in [1.807, 2.05) is 44.3 Å². The first kappa shape index (κ1) is 17.0. The third-order valence-electron chi connectivity index (χ3n) is 4.22. The van der Waals surface area contributed by atoms with E-state index in [4.69, 9.17) is 4.74 Å². The monoisotopic (exact) mass is 336 g/mol. The molecule has 0 N–H and O–H groups in total. The topological polar surface area (TPSA) is 26.5 Å². The molecule has 0 spiro atoms. The van der Waals surface area contributed by atoms with Crippen molar-refractivity contribution in [2.24, 2.45) is 4.99 Å². The number of ether oxygens (including phenoxy) is 1. The van der Waals surface area contributed by atoms with Crippen LogP contribution in [-0.2, 0) is 6.54 Å². The Labute approximate surface area is 147 Å². The molecule has 25 heavy (non-hydrogen) atoms. The Hall–Kier alpha value is -2.88. The summed E-state index contributed by atoms with van der Waals surface area (Å²) in [6.45, 7) is 4.70. The van der Waals surface area contributed by atoms with Gasteiger partial charge in [0.05, 0.1) is 13.7 Å². The summed E-state index contributed by atoms with van der Waals surface area (Å²) < 4.78 is 20.4. The number of aryl methyl sites for hydroxylation is 1. The maximum Gasteiger partial charge on any atom is 0.123 e. The van der Waals surface area contributed by atoms with Crippen LogP contribution in [0.4, 0.5) is 4.39 Å². The summed E-state index contributed by atoms with van der Waals surface area (Å²) in [5.41, 5.74) is 5.32. The molecule has 1 heterocycles. The smallest absolute Gasteiger partial charge is 0.123 e. The Morgan fingerprint density at radius 3 is 2.36 bits per heavy atom. The van der Waals surface area contributed by atoms with Crippen molar-refractivity contribution in [2.45, 2.75) is 20.4 Å². The lowest BCUT2D eigenvalue weighted by atomic mass is 10.2. The summed E-state index contributed by atoms with van der Waals surface area (Å²) in [7, 11) is 1.66. The normalized spacial score (nSPS) is 11.2. The van der Waals surface area contributed by atoms with Crippen LogP contribution >= 0.6 is 0 Å². The lowest BCUT2D eigenvalue weighted by Crippen LogP contribution is -1.99. The van der Waals surface area contributed by atoms with Gasteiger partial charge in [0, 0.05) is 28.9 Å². The number of rotatable bonds is 5. The van der Waals surface area contributed by atoms with E-state index < -0.39 is 0 Å². The lowest BCUT2D eigenvalue weighted by molar-refractivity contribution is 0.414. The highest BCUT2D eigenvalue weighted by atomic mass is 19.1. The first-order chi connectivity index (χ1) is 12.1. The number of hydrogen-bond acceptors (Lipinski definition) is 2. The van der Waals surface area contributed by atoms with Crippen LogP contribution in [0.25, 0.3) is 5.69 Å². The van der Waals surface area contributed by atoms with Crippen LogP contribution in [0.15, 0.2) is 59.6 Å². The van der Waals surface area contributed by atoms with Crippen molar-refractivity contribution in [3.8, 4) is 11.4 Å². The van der Waals surface area contributed by atoms with E-state index >= 15 is 0 Å². The number of halogens is 1. The van der Waals surface area contributed by atoms with Crippen LogP contribution in [-0.4, -0.2) is 17.9 Å². The zero-order valence-electron chi connectivity index (χ0n) is 14.7. The molecule has 2 aromatic carbocycles. The highest BCUT2D eigenvalue weighted by molar-refractivity contribution is 5.82. The predicted molar refractivity (Wildman–Crippen MR) is 99.5 cm³/mol. The Bertz CT molecular complexity index is 878. The molecule has 1 aromatic heterocycles. The van der Waals surface area contributed by atoms with Gasteiger partial charge in [0.2, 0.25) is 0 Å². The van der Waals surface area contributed by atoms with Crippen molar-refractivity contribution >= 4 is 6.21 Å². The van der Waals surface area contributed by atoms with Crippen molar-refractivity contribution in [3.63, 3.8) is 0 Å². The molecule has 4 heteroatoms. The maximum atomic E-state index is 13.1. The first-order valence-electron chi connectivity index (χ1n) is 8.16. The SMILES string of the molecule is COc1ccc(CN=Cc2cc(C)n(-c3ccc(F)cc3)c2C)cc1. The van der Waals surface area contributed by atoms with Gasteiger partial charge >= 0.3 is 0 Å². The largest absolute Gasteiger partial charge is 0.497 e. The highest BCUT2D eigenvalue weighted by Crippen LogP contribution is 2.20. The predicted octanol–water partition coefficient (Wildman–Crippen LogP) is 4.86. The summed E-state index contributed by atoms with van der Waals surface area (Å²) in [6.07, 6.45) is 1.90. The van der Waals surface area contributed by atoms with Crippen LogP contribution in [0.5, 0.6) is 5.75 Å². The number of nitrogens with zero attached hydrogens (tertiary/aromatic N) is 2. The van der Waals surface area contributed by atoms with E-state index in [9.17, 15) is 4.39 Å². The zero-order valence-corrected chi connectivity index (χ0v) is 14.7. The van der Waals surface area contributed by atoms with Crippen LogP contribution in [0.3, 0.4) is 0 Å². The van der Waals surface area contributed by atoms with Crippen LogP contribution in [0, 0.1) is 19.7 Å². The highest BCUT2D eigenvalue weighted by Gasteiger charge is 2.09. The van der Waals surface area contributed by atoms with Gasteiger partial charge in [-0.15, -0.1) is 0 Å². The number of methoxy groups -OCH3 is 1. The molecule has 3 rings (SSSR count). The fourth-order valence-corrected chi connectivity index (χ4v) is 2.89. The molecule has 3 aromatic rings. The summed E-state index contributed by atoms with van der Waals surface area (Å²) in [5, 5.41) is 0. The molecular weight excluding hydrogens is 315 g/mol. The van der Waals surface area contributed by atoms with Gasteiger partial charge in [0.1, 0.15) is 11.6 Å². The van der Waals surface area contributed by atoms with E-state index in [-0.39, 0.29) is 5.82 Å². The molecule has 0 aliphatic heterocycles. The molecular formula is C21H21FN2O. The summed E-state index contributed by atoms with van der Waals surface area (Å²) in [4.78, 5) is 4.55. The van der Waals surface area contributed by atoms with Crippen molar-refractivity contribution in [1.82, 2.24) is 4.57 Å². The molecule has 0 unspecified atom stereocenters. The number of hydrogen-bond donors (Lipinski definition) is 0. The second-order valence-corrected chi connectivity index (χ2v) is 5.96. The van der Waals surface area contributed by atoms with Crippen molar-refractivity contribution in [3.05, 3.63) is 82.9 Å². The second kappa shape index (κ2) is 7.34. The lowest BCUT2D eigenvalue weighted by Gasteiger charge is -2.09. The Balaban J connectivity index is 1.78. The quantitative estimate of drug-likeness (QED) is 0.611. The average Bonchev–Trinajstić information content (AvgIpc) is 2.90. The molecule has 0 bridgehead atoms. The average molecular weight is 336 g/mol. The summed E-state index contributed by atoms with van der Waals surface area (Å²) in [5.74, 6) is 0.614. The van der Waals surface area contributed by atoms with Crippen LogP contribution in [0.2, 0.25) is 0 Å². The molecule has 0 radical (unpaired) electrons. The van der Waals surface area contributed by atoms with Gasteiger partial charge in [0.15, 0.2) is 0 Å². The van der Waals surface area contributed by atoms with Gasteiger partial charge in [-0.25, -0.2) is 4.39 Å². The Morgan fingerprint density at radius 1 is 1.04 bits per heavy atom.